The maximum Gasteiger partial charge on any atom is 0.0472 e. The predicted octanol–water partition coefficient (Wildman–Crippen LogP) is 0.0526. The molecular weight excluding hydrogens is 164 g/mol. The number of piperidine rings is 1. The SMILES string of the molecule is OCC1CNCC(N2CCCC2)C1. The number of nitrogens with one attached hydrogen (secondary N) is 1. The van der Waals surface area contributed by atoms with E-state index < -0.39 is 0 Å². The highest BCUT2D eigenvalue weighted by molar-refractivity contribution is 4.84. The molecule has 0 saturated carbocycles. The Bertz CT molecular complexity index is 157. The van der Waals surface area contributed by atoms with Gasteiger partial charge in [0.2, 0.25) is 0 Å². The summed E-state index contributed by atoms with van der Waals surface area (Å²) in [6, 6.07) is 0.688. The lowest BCUT2D eigenvalue weighted by atomic mass is 9.96. The van der Waals surface area contributed by atoms with E-state index in [4.69, 9.17) is 5.11 Å². The third kappa shape index (κ3) is 2.22. The molecule has 2 saturated heterocycles. The molecule has 0 amide bonds. The van der Waals surface area contributed by atoms with Crippen LogP contribution in [0.2, 0.25) is 0 Å². The molecule has 2 unspecified atom stereocenters. The van der Waals surface area contributed by atoms with Crippen molar-refractivity contribution in [1.29, 1.82) is 0 Å². The molecule has 3 nitrogen and oxygen atoms in total. The van der Waals surface area contributed by atoms with E-state index in [1.807, 2.05) is 0 Å². The Kier molecular flexibility index (Phi) is 3.19. The lowest BCUT2D eigenvalue weighted by Gasteiger charge is -2.35. The molecule has 3 heteroatoms. The van der Waals surface area contributed by atoms with Crippen molar-refractivity contribution in [1.82, 2.24) is 10.2 Å². The van der Waals surface area contributed by atoms with Crippen LogP contribution in [-0.2, 0) is 0 Å². The second-order valence-electron chi connectivity index (χ2n) is 4.34. The van der Waals surface area contributed by atoms with Gasteiger partial charge in [0.25, 0.3) is 0 Å². The predicted molar refractivity (Wildman–Crippen MR) is 52.7 cm³/mol. The van der Waals surface area contributed by atoms with Gasteiger partial charge in [0, 0.05) is 25.7 Å². The first-order valence-electron chi connectivity index (χ1n) is 5.46. The average Bonchev–Trinajstić information content (AvgIpc) is 2.71. The standard InChI is InChI=1S/C10H20N2O/c13-8-9-5-10(7-11-6-9)12-3-1-2-4-12/h9-11,13H,1-8H2. The van der Waals surface area contributed by atoms with Gasteiger partial charge in [-0.15, -0.1) is 0 Å². The van der Waals surface area contributed by atoms with Crippen LogP contribution in [0, 0.1) is 5.92 Å². The highest BCUT2D eigenvalue weighted by atomic mass is 16.3. The summed E-state index contributed by atoms with van der Waals surface area (Å²) in [6.45, 7) is 5.00. The lowest BCUT2D eigenvalue weighted by Crippen LogP contribution is -2.48. The number of likely N-dealkylation sites (tertiary alicyclic amines) is 1. The molecule has 0 radical (unpaired) electrons. The number of nitrogens with zero attached hydrogens (tertiary/aromatic N) is 1. The zero-order valence-corrected chi connectivity index (χ0v) is 8.21. The molecule has 76 valence electrons. The highest BCUT2D eigenvalue weighted by Gasteiger charge is 2.27. The van der Waals surface area contributed by atoms with E-state index in [-0.39, 0.29) is 0 Å². The van der Waals surface area contributed by atoms with E-state index in [1.165, 1.54) is 32.4 Å². The summed E-state index contributed by atoms with van der Waals surface area (Å²) >= 11 is 0. The van der Waals surface area contributed by atoms with Crippen molar-refractivity contribution in [2.75, 3.05) is 32.8 Å². The van der Waals surface area contributed by atoms with Crippen LogP contribution in [0.25, 0.3) is 0 Å². The van der Waals surface area contributed by atoms with Crippen molar-refractivity contribution in [3.8, 4) is 0 Å². The van der Waals surface area contributed by atoms with Gasteiger partial charge >= 0.3 is 0 Å². The van der Waals surface area contributed by atoms with Gasteiger partial charge in [-0.3, -0.25) is 4.90 Å². The Balaban J connectivity index is 1.84. The average molecular weight is 184 g/mol. The van der Waals surface area contributed by atoms with Crippen LogP contribution in [-0.4, -0.2) is 48.8 Å². The fourth-order valence-corrected chi connectivity index (χ4v) is 2.53. The second-order valence-corrected chi connectivity index (χ2v) is 4.34. The first-order valence-corrected chi connectivity index (χ1v) is 5.46. The zero-order valence-electron chi connectivity index (χ0n) is 8.21. The molecule has 13 heavy (non-hydrogen) atoms. The molecule has 2 atom stereocenters. The van der Waals surface area contributed by atoms with Crippen LogP contribution in [0.3, 0.4) is 0 Å². The van der Waals surface area contributed by atoms with E-state index >= 15 is 0 Å². The quantitative estimate of drug-likeness (QED) is 0.636. The molecule has 2 N–H and O–H groups in total. The summed E-state index contributed by atoms with van der Waals surface area (Å²) in [5.41, 5.74) is 0. The Morgan fingerprint density at radius 1 is 1.23 bits per heavy atom. The fourth-order valence-electron chi connectivity index (χ4n) is 2.53. The van der Waals surface area contributed by atoms with Crippen LogP contribution in [0.4, 0.5) is 0 Å². The molecule has 2 heterocycles. The van der Waals surface area contributed by atoms with E-state index in [1.54, 1.807) is 0 Å². The molecule has 0 aliphatic carbocycles. The molecule has 0 spiro atoms. The van der Waals surface area contributed by atoms with Gasteiger partial charge in [-0.25, -0.2) is 0 Å². The van der Waals surface area contributed by atoms with Crippen molar-refractivity contribution in [2.24, 2.45) is 5.92 Å². The summed E-state index contributed by atoms with van der Waals surface area (Å²) in [5.74, 6) is 0.486. The van der Waals surface area contributed by atoms with Gasteiger partial charge < -0.3 is 10.4 Å². The molecular formula is C10H20N2O. The van der Waals surface area contributed by atoms with Gasteiger partial charge in [0.1, 0.15) is 0 Å². The summed E-state index contributed by atoms with van der Waals surface area (Å²) < 4.78 is 0. The van der Waals surface area contributed by atoms with Crippen LogP contribution < -0.4 is 5.32 Å². The molecule has 2 fully saturated rings. The lowest BCUT2D eigenvalue weighted by molar-refractivity contribution is 0.128. The van der Waals surface area contributed by atoms with Crippen LogP contribution in [0.5, 0.6) is 0 Å². The summed E-state index contributed by atoms with van der Waals surface area (Å²) in [4.78, 5) is 2.58. The monoisotopic (exact) mass is 184 g/mol. The minimum absolute atomic E-state index is 0.345. The van der Waals surface area contributed by atoms with Gasteiger partial charge in [0.15, 0.2) is 0 Å². The molecule has 2 rings (SSSR count). The van der Waals surface area contributed by atoms with Crippen LogP contribution >= 0.6 is 0 Å². The Morgan fingerprint density at radius 2 is 2.00 bits per heavy atom. The fraction of sp³-hybridized carbons (Fsp3) is 1.00. The first-order chi connectivity index (χ1) is 6.40. The molecule has 2 aliphatic rings. The van der Waals surface area contributed by atoms with E-state index in [0.717, 1.165) is 13.1 Å². The number of aliphatic hydroxyl groups excluding tert-OH is 1. The van der Waals surface area contributed by atoms with Gasteiger partial charge in [-0.05, 0) is 38.3 Å². The van der Waals surface area contributed by atoms with Crippen molar-refractivity contribution in [3.63, 3.8) is 0 Å². The summed E-state index contributed by atoms with van der Waals surface area (Å²) in [5, 5.41) is 12.5. The molecule has 0 aromatic carbocycles. The maximum absolute atomic E-state index is 9.09. The van der Waals surface area contributed by atoms with Crippen LogP contribution in [0.15, 0.2) is 0 Å². The van der Waals surface area contributed by atoms with E-state index in [2.05, 4.69) is 10.2 Å². The summed E-state index contributed by atoms with van der Waals surface area (Å²) in [7, 11) is 0. The maximum atomic E-state index is 9.09. The van der Waals surface area contributed by atoms with Gasteiger partial charge in [0.05, 0.1) is 0 Å². The number of rotatable bonds is 2. The minimum atomic E-state index is 0.345. The first kappa shape index (κ1) is 9.44. The summed E-state index contributed by atoms with van der Waals surface area (Å²) in [6.07, 6.45) is 3.91. The highest BCUT2D eigenvalue weighted by Crippen LogP contribution is 2.19. The molecule has 2 aliphatic heterocycles. The number of aliphatic hydroxyl groups is 1. The smallest absolute Gasteiger partial charge is 0.0472 e. The normalized spacial score (nSPS) is 36.7. The minimum Gasteiger partial charge on any atom is -0.396 e. The van der Waals surface area contributed by atoms with Crippen molar-refractivity contribution < 1.29 is 5.11 Å². The Labute approximate surface area is 80.1 Å². The van der Waals surface area contributed by atoms with Crippen molar-refractivity contribution >= 4 is 0 Å². The topological polar surface area (TPSA) is 35.5 Å². The van der Waals surface area contributed by atoms with Crippen LogP contribution in [0.1, 0.15) is 19.3 Å². The van der Waals surface area contributed by atoms with E-state index in [9.17, 15) is 0 Å². The van der Waals surface area contributed by atoms with E-state index in [0.29, 0.717) is 18.6 Å². The Hall–Kier alpha value is -0.120. The molecule has 0 aromatic rings. The van der Waals surface area contributed by atoms with Gasteiger partial charge in [-0.2, -0.15) is 0 Å². The van der Waals surface area contributed by atoms with Crippen molar-refractivity contribution in [3.05, 3.63) is 0 Å². The number of hydrogen-bond donors (Lipinski definition) is 2. The Morgan fingerprint density at radius 3 is 2.69 bits per heavy atom. The zero-order chi connectivity index (χ0) is 9.10. The third-order valence-corrected chi connectivity index (χ3v) is 3.33. The largest absolute Gasteiger partial charge is 0.396 e. The molecule has 0 bridgehead atoms. The third-order valence-electron chi connectivity index (χ3n) is 3.33. The number of hydrogen-bond acceptors (Lipinski definition) is 3. The van der Waals surface area contributed by atoms with Gasteiger partial charge in [-0.1, -0.05) is 0 Å². The molecule has 0 aromatic heterocycles. The second kappa shape index (κ2) is 4.40. The van der Waals surface area contributed by atoms with Crippen molar-refractivity contribution in [2.45, 2.75) is 25.3 Å².